The topological polar surface area (TPSA) is 38.7 Å². The molecule has 4 aliphatic carbocycles. The van der Waals surface area contributed by atoms with E-state index in [9.17, 15) is 11.0 Å². The van der Waals surface area contributed by atoms with Crippen molar-refractivity contribution in [1.82, 2.24) is 15.0 Å². The van der Waals surface area contributed by atoms with Crippen LogP contribution in [0.15, 0.2) is 188 Å². The zero-order valence-electron chi connectivity index (χ0n) is 41.1. The van der Waals surface area contributed by atoms with Crippen molar-refractivity contribution in [2.75, 3.05) is 0 Å². The SMILES string of the molecule is [2H]c1c([2H])c(-c2ccc3c(c2)C2(c4ccccc4-3)C([2H])([2H])CCCC2([2H])[2H])c([2H])c(-c2nc(-c3ccccc3)nc(-c3ccc4c(c3)C3(c5ccccc5-c5ccccc53)c3ccccc3-4)n2)c1[2H]. The van der Waals surface area contributed by atoms with E-state index in [-0.39, 0.29) is 47.9 Å². The molecular formula is C58H41N3. The summed E-state index contributed by atoms with van der Waals surface area (Å²) in [4.78, 5) is 15.1. The quantitative estimate of drug-likeness (QED) is 0.178. The second-order valence-electron chi connectivity index (χ2n) is 16.3. The van der Waals surface area contributed by atoms with Crippen molar-refractivity contribution in [3.05, 3.63) is 221 Å². The van der Waals surface area contributed by atoms with E-state index in [0.717, 1.165) is 22.3 Å². The second kappa shape index (κ2) is 13.1. The summed E-state index contributed by atoms with van der Waals surface area (Å²) in [6.45, 7) is 0. The smallest absolute Gasteiger partial charge is 0.164 e. The normalized spacial score (nSPS) is 19.0. The lowest BCUT2D eigenvalue weighted by atomic mass is 9.67. The Morgan fingerprint density at radius 3 is 1.48 bits per heavy atom. The van der Waals surface area contributed by atoms with Gasteiger partial charge in [-0.05, 0) is 109 Å². The average Bonchev–Trinajstić information content (AvgIpc) is 3.96. The maximum atomic E-state index is 9.92. The highest BCUT2D eigenvalue weighted by Crippen LogP contribution is 2.63. The number of hydrogen-bond acceptors (Lipinski definition) is 3. The number of benzene rings is 8. The van der Waals surface area contributed by atoms with Gasteiger partial charge in [-0.1, -0.05) is 189 Å². The third-order valence-corrected chi connectivity index (χ3v) is 13.2. The van der Waals surface area contributed by atoms with Gasteiger partial charge in [0.2, 0.25) is 0 Å². The average molecular weight is 788 g/mol. The number of rotatable bonds is 4. The minimum absolute atomic E-state index is 0.00337. The second-order valence-corrected chi connectivity index (χ2v) is 16.3. The molecule has 1 fully saturated rings. The fourth-order valence-electron chi connectivity index (χ4n) is 10.7. The fourth-order valence-corrected chi connectivity index (χ4v) is 10.7. The van der Waals surface area contributed by atoms with Crippen LogP contribution in [0.25, 0.3) is 78.7 Å². The Labute approximate surface area is 367 Å². The van der Waals surface area contributed by atoms with Crippen molar-refractivity contribution in [1.29, 1.82) is 0 Å². The van der Waals surface area contributed by atoms with Gasteiger partial charge in [0.05, 0.1) is 10.9 Å². The predicted molar refractivity (Wildman–Crippen MR) is 247 cm³/mol. The van der Waals surface area contributed by atoms with Gasteiger partial charge in [-0.2, -0.15) is 0 Å². The van der Waals surface area contributed by atoms with E-state index < -0.39 is 29.6 Å². The van der Waals surface area contributed by atoms with Crippen molar-refractivity contribution in [2.24, 2.45) is 0 Å². The highest BCUT2D eigenvalue weighted by Gasteiger charge is 2.51. The van der Waals surface area contributed by atoms with Crippen LogP contribution in [0.5, 0.6) is 0 Å². The Balaban J connectivity index is 1.03. The first-order valence-electron chi connectivity index (χ1n) is 25.0. The lowest BCUT2D eigenvalue weighted by Gasteiger charge is -2.36. The lowest BCUT2D eigenvalue weighted by molar-refractivity contribution is 0.353. The van der Waals surface area contributed by atoms with Crippen molar-refractivity contribution in [3.8, 4) is 78.7 Å². The van der Waals surface area contributed by atoms with Gasteiger partial charge in [-0.3, -0.25) is 0 Å². The molecule has 8 aromatic carbocycles. The van der Waals surface area contributed by atoms with E-state index in [1.165, 1.54) is 27.8 Å². The molecule has 0 N–H and O–H groups in total. The molecule has 0 radical (unpaired) electrons. The number of aromatic nitrogens is 3. The van der Waals surface area contributed by atoms with Crippen molar-refractivity contribution >= 4 is 0 Å². The van der Waals surface area contributed by atoms with Crippen molar-refractivity contribution < 1.29 is 11.0 Å². The Bertz CT molecular complexity index is 3600. The van der Waals surface area contributed by atoms with E-state index in [4.69, 9.17) is 15.0 Å². The van der Waals surface area contributed by atoms with Gasteiger partial charge in [-0.15, -0.1) is 0 Å². The van der Waals surface area contributed by atoms with Crippen LogP contribution < -0.4 is 0 Å². The van der Waals surface area contributed by atoms with E-state index >= 15 is 0 Å². The van der Waals surface area contributed by atoms with E-state index in [2.05, 4.69) is 84.9 Å². The Hall–Kier alpha value is -7.23. The first-order chi connectivity index (χ1) is 33.4. The largest absolute Gasteiger partial charge is 0.208 e. The number of fused-ring (bicyclic) bond motifs is 15. The third-order valence-electron chi connectivity index (χ3n) is 13.2. The molecule has 13 rings (SSSR count). The molecule has 0 saturated heterocycles. The van der Waals surface area contributed by atoms with Crippen LogP contribution in [-0.2, 0) is 10.8 Å². The molecule has 0 amide bonds. The first kappa shape index (κ1) is 27.5. The number of nitrogens with zero attached hydrogens (tertiary/aromatic N) is 3. The van der Waals surface area contributed by atoms with Crippen molar-refractivity contribution in [2.45, 2.75) is 42.8 Å². The van der Waals surface area contributed by atoms with Gasteiger partial charge >= 0.3 is 0 Å². The molecule has 1 heterocycles. The first-order valence-corrected chi connectivity index (χ1v) is 21.0. The summed E-state index contributed by atoms with van der Waals surface area (Å²) < 4.78 is 75.9. The van der Waals surface area contributed by atoms with Crippen LogP contribution in [0, 0.1) is 0 Å². The maximum Gasteiger partial charge on any atom is 0.164 e. The highest BCUT2D eigenvalue weighted by atomic mass is 15.0. The third kappa shape index (κ3) is 4.89. The minimum atomic E-state index is -1.97. The van der Waals surface area contributed by atoms with Crippen LogP contribution in [0.4, 0.5) is 0 Å². The molecular weight excluding hydrogens is 739 g/mol. The summed E-state index contributed by atoms with van der Waals surface area (Å²) in [5.41, 5.74) is 11.2. The predicted octanol–water partition coefficient (Wildman–Crippen LogP) is 14.1. The molecule has 0 unspecified atom stereocenters. The monoisotopic (exact) mass is 787 g/mol. The molecule has 0 atom stereocenters. The summed E-state index contributed by atoms with van der Waals surface area (Å²) >= 11 is 0. The molecule has 2 spiro atoms. The molecule has 1 saturated carbocycles. The summed E-state index contributed by atoms with van der Waals surface area (Å²) in [6, 6.07) is 52.9. The van der Waals surface area contributed by atoms with Gasteiger partial charge in [0.1, 0.15) is 0 Å². The molecule has 0 bridgehead atoms. The molecule has 3 heteroatoms. The van der Waals surface area contributed by atoms with Gasteiger partial charge in [-0.25, -0.2) is 15.0 Å². The van der Waals surface area contributed by atoms with Crippen LogP contribution in [0.1, 0.15) is 76.4 Å². The zero-order valence-corrected chi connectivity index (χ0v) is 33.1. The summed E-state index contributed by atoms with van der Waals surface area (Å²) in [5.74, 6) is 0.628. The van der Waals surface area contributed by atoms with Gasteiger partial charge in [0.25, 0.3) is 0 Å². The van der Waals surface area contributed by atoms with Gasteiger partial charge in [0, 0.05) is 27.6 Å². The van der Waals surface area contributed by atoms with E-state index in [1.807, 2.05) is 66.7 Å². The van der Waals surface area contributed by atoms with Gasteiger partial charge in [0.15, 0.2) is 17.5 Å². The highest BCUT2D eigenvalue weighted by molar-refractivity contribution is 5.96. The molecule has 1 aromatic heterocycles. The minimum Gasteiger partial charge on any atom is -0.208 e. The van der Waals surface area contributed by atoms with E-state index in [0.29, 0.717) is 51.5 Å². The lowest BCUT2D eigenvalue weighted by Crippen LogP contribution is -2.28. The fraction of sp³-hybridized carbons (Fsp3) is 0.121. The van der Waals surface area contributed by atoms with Crippen LogP contribution in [-0.4, -0.2) is 15.0 Å². The Kier molecular flexibility index (Phi) is 5.92. The standard InChI is InChI=1S/C58H41N3/c1-3-16-37(17-4-1)54-59-55(40-19-15-18-38(34-40)39-28-30-46-42-20-5-9-24-48(42)57(52(46)35-39)32-13-2-14-33-57)61-56(60-54)41-29-31-47-45-23-8-12-27-51(45)58(53(47)36-41)49-25-10-6-21-43(49)44-22-7-11-26-50(44)58/h1,3-12,15-31,34-36H,2,13-14,32-33H2/i15D,18D,19D,32D2,33D2,34D. The van der Waals surface area contributed by atoms with Crippen LogP contribution in [0.2, 0.25) is 0 Å². The molecule has 0 aliphatic heterocycles. The zero-order chi connectivity index (χ0) is 47.2. The Morgan fingerprint density at radius 1 is 0.377 bits per heavy atom. The van der Waals surface area contributed by atoms with E-state index in [1.54, 1.807) is 12.1 Å². The molecule has 288 valence electrons. The summed E-state index contributed by atoms with van der Waals surface area (Å²) in [5, 5.41) is 0. The maximum absolute atomic E-state index is 9.92. The molecule has 3 nitrogen and oxygen atoms in total. The van der Waals surface area contributed by atoms with Crippen LogP contribution >= 0.6 is 0 Å². The van der Waals surface area contributed by atoms with Crippen LogP contribution in [0.3, 0.4) is 0 Å². The molecule has 4 aliphatic rings. The summed E-state index contributed by atoms with van der Waals surface area (Å²) in [7, 11) is 0. The van der Waals surface area contributed by atoms with Gasteiger partial charge < -0.3 is 0 Å². The Morgan fingerprint density at radius 2 is 0.836 bits per heavy atom. The summed E-state index contributed by atoms with van der Waals surface area (Å²) in [6.07, 6.45) is -3.23. The molecule has 61 heavy (non-hydrogen) atoms. The molecule has 9 aromatic rings. The van der Waals surface area contributed by atoms with Crippen molar-refractivity contribution in [3.63, 3.8) is 0 Å². The number of hydrogen-bond donors (Lipinski definition) is 0.